The van der Waals surface area contributed by atoms with Gasteiger partial charge in [-0.05, 0) is 31.0 Å². The van der Waals surface area contributed by atoms with Gasteiger partial charge in [-0.15, -0.1) is 0 Å². The molecule has 0 bridgehead atoms. The molecule has 1 fully saturated rings. The van der Waals surface area contributed by atoms with Gasteiger partial charge >= 0.3 is 5.97 Å². The first kappa shape index (κ1) is 17.9. The van der Waals surface area contributed by atoms with Crippen LogP contribution in [0.4, 0.5) is 0 Å². The summed E-state index contributed by atoms with van der Waals surface area (Å²) in [4.78, 5) is 22.5. The van der Waals surface area contributed by atoms with E-state index < -0.39 is 21.8 Å². The van der Waals surface area contributed by atoms with E-state index in [1.54, 1.807) is 0 Å². The zero-order valence-electron chi connectivity index (χ0n) is 12.5. The van der Waals surface area contributed by atoms with Gasteiger partial charge in [-0.2, -0.15) is 4.31 Å². The van der Waals surface area contributed by atoms with Gasteiger partial charge < -0.3 is 5.11 Å². The molecule has 23 heavy (non-hydrogen) atoms. The smallest absolute Gasteiger partial charge is 0.303 e. The molecule has 0 amide bonds. The number of nitrogens with zero attached hydrogens (tertiary/aromatic N) is 1. The average molecular weight is 360 g/mol. The lowest BCUT2D eigenvalue weighted by Crippen LogP contribution is -2.35. The Morgan fingerprint density at radius 3 is 2.39 bits per heavy atom. The third-order valence-corrected chi connectivity index (χ3v) is 6.13. The largest absolute Gasteiger partial charge is 0.481 e. The lowest BCUT2D eigenvalue weighted by Gasteiger charge is -2.26. The van der Waals surface area contributed by atoms with Crippen molar-refractivity contribution in [2.24, 2.45) is 0 Å². The van der Waals surface area contributed by atoms with Crippen molar-refractivity contribution < 1.29 is 23.1 Å². The summed E-state index contributed by atoms with van der Waals surface area (Å²) in [5.74, 6) is -1.49. The maximum atomic E-state index is 12.7. The molecule has 6 nitrogen and oxygen atoms in total. The Kier molecular flexibility index (Phi) is 5.78. The molecule has 1 saturated heterocycles. The van der Waals surface area contributed by atoms with Gasteiger partial charge in [0.05, 0.1) is 11.4 Å². The molecule has 1 aromatic rings. The van der Waals surface area contributed by atoms with Crippen LogP contribution in [-0.4, -0.2) is 42.7 Å². The Labute approximate surface area is 140 Å². The quantitative estimate of drug-likeness (QED) is 0.788. The van der Waals surface area contributed by atoms with Crippen molar-refractivity contribution in [3.8, 4) is 0 Å². The van der Waals surface area contributed by atoms with E-state index in [0.717, 1.165) is 19.3 Å². The van der Waals surface area contributed by atoms with Gasteiger partial charge in [0, 0.05) is 25.1 Å². The van der Waals surface area contributed by atoms with Crippen LogP contribution in [0.5, 0.6) is 0 Å². The Balaban J connectivity index is 2.29. The first-order valence-corrected chi connectivity index (χ1v) is 9.19. The van der Waals surface area contributed by atoms with Crippen LogP contribution in [-0.2, 0) is 14.8 Å². The number of hydrogen-bond donors (Lipinski definition) is 1. The zero-order valence-corrected chi connectivity index (χ0v) is 14.1. The van der Waals surface area contributed by atoms with E-state index in [1.165, 1.54) is 22.5 Å². The molecule has 0 saturated carbocycles. The normalized spacial score (nSPS) is 16.2. The predicted octanol–water partition coefficient (Wildman–Crippen LogP) is 2.56. The van der Waals surface area contributed by atoms with E-state index in [4.69, 9.17) is 16.7 Å². The second-order valence-corrected chi connectivity index (χ2v) is 7.74. The number of carboxylic acids is 1. The van der Waals surface area contributed by atoms with E-state index >= 15 is 0 Å². The number of ketones is 1. The predicted molar refractivity (Wildman–Crippen MR) is 85.3 cm³/mol. The highest BCUT2D eigenvalue weighted by atomic mass is 35.5. The van der Waals surface area contributed by atoms with E-state index in [-0.39, 0.29) is 28.3 Å². The van der Waals surface area contributed by atoms with Crippen molar-refractivity contribution in [3.63, 3.8) is 0 Å². The number of piperidine rings is 1. The molecular weight excluding hydrogens is 342 g/mol. The molecule has 0 radical (unpaired) electrons. The van der Waals surface area contributed by atoms with E-state index in [9.17, 15) is 18.0 Å². The monoisotopic (exact) mass is 359 g/mol. The second kappa shape index (κ2) is 7.42. The number of hydrogen-bond acceptors (Lipinski definition) is 4. The van der Waals surface area contributed by atoms with E-state index in [1.807, 2.05) is 0 Å². The molecule has 0 atom stereocenters. The van der Waals surface area contributed by atoms with Crippen LogP contribution >= 0.6 is 11.6 Å². The van der Waals surface area contributed by atoms with Gasteiger partial charge in [-0.25, -0.2) is 8.42 Å². The van der Waals surface area contributed by atoms with Crippen LogP contribution < -0.4 is 0 Å². The number of benzene rings is 1. The van der Waals surface area contributed by atoms with Gasteiger partial charge in [-0.3, -0.25) is 9.59 Å². The number of sulfonamides is 1. The SMILES string of the molecule is O=C(O)CCC(=O)c1ccc(Cl)c(S(=O)(=O)N2CCCCC2)c1. The molecule has 1 aliphatic heterocycles. The molecule has 8 heteroatoms. The highest BCUT2D eigenvalue weighted by molar-refractivity contribution is 7.89. The number of carbonyl (C=O) groups excluding carboxylic acids is 1. The summed E-state index contributed by atoms with van der Waals surface area (Å²) < 4.78 is 26.7. The van der Waals surface area contributed by atoms with Crippen molar-refractivity contribution in [2.75, 3.05) is 13.1 Å². The molecule has 1 N–H and O–H groups in total. The summed E-state index contributed by atoms with van der Waals surface area (Å²) in [7, 11) is -3.75. The van der Waals surface area contributed by atoms with Crippen LogP contribution in [0.15, 0.2) is 23.1 Å². The Morgan fingerprint density at radius 1 is 1.13 bits per heavy atom. The first-order chi connectivity index (χ1) is 10.8. The highest BCUT2D eigenvalue weighted by Crippen LogP contribution is 2.28. The number of carbonyl (C=O) groups is 2. The third kappa shape index (κ3) is 4.31. The number of aliphatic carboxylic acids is 1. The number of halogens is 1. The van der Waals surface area contributed by atoms with Gasteiger partial charge in [0.25, 0.3) is 0 Å². The summed E-state index contributed by atoms with van der Waals surface area (Å²) >= 11 is 6.02. The molecule has 0 aromatic heterocycles. The van der Waals surface area contributed by atoms with Crippen molar-refractivity contribution in [3.05, 3.63) is 28.8 Å². The topological polar surface area (TPSA) is 91.7 Å². The van der Waals surface area contributed by atoms with Gasteiger partial charge in [0.15, 0.2) is 5.78 Å². The lowest BCUT2D eigenvalue weighted by atomic mass is 10.1. The number of Topliss-reactive ketones (excluding diaryl/α,β-unsaturated/α-hetero) is 1. The van der Waals surface area contributed by atoms with Crippen LogP contribution in [0, 0.1) is 0 Å². The first-order valence-electron chi connectivity index (χ1n) is 7.37. The molecule has 126 valence electrons. The van der Waals surface area contributed by atoms with Gasteiger partial charge in [-0.1, -0.05) is 18.0 Å². The fraction of sp³-hybridized carbons (Fsp3) is 0.467. The van der Waals surface area contributed by atoms with Gasteiger partial charge in [0.1, 0.15) is 4.90 Å². The second-order valence-electron chi connectivity index (χ2n) is 5.43. The summed E-state index contributed by atoms with van der Waals surface area (Å²) in [6.07, 6.45) is 2.12. The molecule has 0 aliphatic carbocycles. The van der Waals surface area contributed by atoms with Crippen molar-refractivity contribution in [1.82, 2.24) is 4.31 Å². The molecule has 2 rings (SSSR count). The summed E-state index contributed by atoms with van der Waals surface area (Å²) in [5.41, 5.74) is 0.159. The average Bonchev–Trinajstić information content (AvgIpc) is 2.53. The number of rotatable bonds is 6. The fourth-order valence-corrected chi connectivity index (χ4v) is 4.50. The lowest BCUT2D eigenvalue weighted by molar-refractivity contribution is -0.136. The molecule has 0 spiro atoms. The maximum Gasteiger partial charge on any atom is 0.303 e. The molecular formula is C15H18ClNO5S. The highest BCUT2D eigenvalue weighted by Gasteiger charge is 2.28. The van der Waals surface area contributed by atoms with Crippen molar-refractivity contribution in [1.29, 1.82) is 0 Å². The fourth-order valence-electron chi connectivity index (χ4n) is 2.48. The summed E-state index contributed by atoms with van der Waals surface area (Å²) in [6, 6.07) is 4.03. The Hall–Kier alpha value is -1.44. The van der Waals surface area contributed by atoms with Gasteiger partial charge in [0.2, 0.25) is 10.0 Å². The van der Waals surface area contributed by atoms with E-state index in [0.29, 0.717) is 13.1 Å². The molecule has 1 aromatic carbocycles. The summed E-state index contributed by atoms with van der Waals surface area (Å²) in [5, 5.41) is 8.69. The van der Waals surface area contributed by atoms with Crippen LogP contribution in [0.25, 0.3) is 0 Å². The van der Waals surface area contributed by atoms with E-state index in [2.05, 4.69) is 0 Å². The number of carboxylic acid groups (broad SMARTS) is 1. The third-order valence-electron chi connectivity index (χ3n) is 3.75. The zero-order chi connectivity index (χ0) is 17.0. The maximum absolute atomic E-state index is 12.7. The van der Waals surface area contributed by atoms with Crippen molar-refractivity contribution >= 4 is 33.4 Å². The minimum absolute atomic E-state index is 0.0605. The Morgan fingerprint density at radius 2 is 1.78 bits per heavy atom. The van der Waals surface area contributed by atoms with Crippen LogP contribution in [0.1, 0.15) is 42.5 Å². The molecule has 0 unspecified atom stereocenters. The van der Waals surface area contributed by atoms with Crippen LogP contribution in [0.2, 0.25) is 5.02 Å². The summed E-state index contributed by atoms with van der Waals surface area (Å²) in [6.45, 7) is 0.881. The molecule has 1 aliphatic rings. The van der Waals surface area contributed by atoms with Crippen molar-refractivity contribution in [2.45, 2.75) is 37.0 Å². The minimum atomic E-state index is -3.75. The standard InChI is InChI=1S/C15H18ClNO5S/c16-12-5-4-11(13(18)6-7-15(19)20)10-14(12)23(21,22)17-8-2-1-3-9-17/h4-5,10H,1-3,6-9H2,(H,19,20). The Bertz CT molecular complexity index is 711. The molecule has 1 heterocycles. The minimum Gasteiger partial charge on any atom is -0.481 e. The van der Waals surface area contributed by atoms with Crippen LogP contribution in [0.3, 0.4) is 0 Å².